The maximum atomic E-state index is 12.8. The van der Waals surface area contributed by atoms with Gasteiger partial charge in [-0.3, -0.25) is 4.79 Å². The molecule has 0 atom stereocenters. The third kappa shape index (κ3) is 6.17. The number of nitrogens with one attached hydrogen (secondary N) is 3. The van der Waals surface area contributed by atoms with Gasteiger partial charge in [-0.2, -0.15) is 0 Å². The van der Waals surface area contributed by atoms with Gasteiger partial charge in [-0.15, -0.1) is 0 Å². The first-order valence-corrected chi connectivity index (χ1v) is 10.7. The smallest absolute Gasteiger partial charge is 0.255 e. The number of carbonyl (C=O) groups is 1. The lowest BCUT2D eigenvalue weighted by Crippen LogP contribution is -2.20. The maximum Gasteiger partial charge on any atom is 0.255 e. The predicted octanol–water partition coefficient (Wildman–Crippen LogP) is 6.73. The van der Waals surface area contributed by atoms with Crippen LogP contribution >= 0.6 is 47.0 Å². The Labute approximate surface area is 205 Å². The molecule has 3 aromatic rings. The van der Waals surface area contributed by atoms with Crippen LogP contribution in [0.4, 0.5) is 17.1 Å². The van der Waals surface area contributed by atoms with Crippen molar-refractivity contribution < 1.29 is 14.3 Å². The molecule has 3 rings (SSSR count). The lowest BCUT2D eigenvalue weighted by Gasteiger charge is -2.15. The molecule has 0 aliphatic rings. The number of methoxy groups -OCH3 is 2. The van der Waals surface area contributed by atoms with E-state index in [2.05, 4.69) is 16.0 Å². The minimum atomic E-state index is -0.336. The van der Waals surface area contributed by atoms with E-state index in [0.717, 1.165) is 0 Å². The highest BCUT2D eigenvalue weighted by atomic mass is 35.5. The lowest BCUT2D eigenvalue weighted by molar-refractivity contribution is 0.102. The first kappa shape index (κ1) is 23.9. The van der Waals surface area contributed by atoms with Crippen molar-refractivity contribution in [2.45, 2.75) is 0 Å². The van der Waals surface area contributed by atoms with Gasteiger partial charge in [-0.25, -0.2) is 0 Å². The summed E-state index contributed by atoms with van der Waals surface area (Å²) in [6.45, 7) is 0. The molecule has 0 aliphatic heterocycles. The molecular weight excluding hydrogens is 493 g/mol. The maximum absolute atomic E-state index is 12.8. The van der Waals surface area contributed by atoms with E-state index >= 15 is 0 Å². The zero-order chi connectivity index (χ0) is 23.3. The Bertz CT molecular complexity index is 1150. The van der Waals surface area contributed by atoms with Crippen LogP contribution in [-0.2, 0) is 0 Å². The predicted molar refractivity (Wildman–Crippen MR) is 135 cm³/mol. The van der Waals surface area contributed by atoms with Crippen molar-refractivity contribution in [3.8, 4) is 11.5 Å². The number of anilines is 3. The molecule has 0 saturated carbocycles. The Hall–Kier alpha value is -2.71. The lowest BCUT2D eigenvalue weighted by atomic mass is 10.1. The monoisotopic (exact) mass is 509 g/mol. The highest BCUT2D eigenvalue weighted by Crippen LogP contribution is 2.29. The van der Waals surface area contributed by atoms with Gasteiger partial charge in [0.05, 0.1) is 24.9 Å². The van der Waals surface area contributed by atoms with Gasteiger partial charge in [0.15, 0.2) is 5.11 Å². The first-order valence-electron chi connectivity index (χ1n) is 9.16. The summed E-state index contributed by atoms with van der Waals surface area (Å²) in [5.74, 6) is 0.683. The summed E-state index contributed by atoms with van der Waals surface area (Å²) in [5.41, 5.74) is 2.03. The topological polar surface area (TPSA) is 71.6 Å². The molecule has 0 aromatic heterocycles. The third-order valence-corrected chi connectivity index (χ3v) is 5.18. The van der Waals surface area contributed by atoms with Gasteiger partial charge < -0.3 is 25.4 Å². The normalized spacial score (nSPS) is 10.3. The molecule has 1 amide bonds. The van der Waals surface area contributed by atoms with E-state index in [9.17, 15) is 4.79 Å². The highest BCUT2D eigenvalue weighted by molar-refractivity contribution is 7.80. The van der Waals surface area contributed by atoms with Gasteiger partial charge >= 0.3 is 0 Å². The number of carbonyl (C=O) groups excluding carboxylic acids is 1. The van der Waals surface area contributed by atoms with Crippen LogP contribution in [0.25, 0.3) is 0 Å². The molecule has 0 fully saturated rings. The number of hydrogen-bond acceptors (Lipinski definition) is 4. The second-order valence-electron chi connectivity index (χ2n) is 6.46. The van der Waals surface area contributed by atoms with Gasteiger partial charge in [-0.1, -0.05) is 34.8 Å². The summed E-state index contributed by atoms with van der Waals surface area (Å²) in [5, 5.41) is 10.4. The number of ether oxygens (including phenoxy) is 2. The largest absolute Gasteiger partial charge is 0.495 e. The Morgan fingerprint density at radius 1 is 0.781 bits per heavy atom. The fourth-order valence-corrected chi connectivity index (χ4v) is 3.82. The zero-order valence-corrected chi connectivity index (χ0v) is 20.0. The minimum Gasteiger partial charge on any atom is -0.495 e. The summed E-state index contributed by atoms with van der Waals surface area (Å²) in [6, 6.07) is 14.9. The average molecular weight is 511 g/mol. The standard InChI is InChI=1S/C22H18Cl3N3O3S/c1-30-19-6-4-15(11-17(19)25)26-21(29)12-3-5-20(31-2)18(7-12)28-22(32)27-16-9-13(23)8-14(24)10-16/h3-11H,1-2H3,(H,26,29)(H2,27,28,32). The van der Waals surface area contributed by atoms with Crippen molar-refractivity contribution in [3.05, 3.63) is 75.2 Å². The van der Waals surface area contributed by atoms with E-state index in [1.54, 1.807) is 54.6 Å². The second kappa shape index (κ2) is 10.7. The van der Waals surface area contributed by atoms with Crippen molar-refractivity contribution in [3.63, 3.8) is 0 Å². The van der Waals surface area contributed by atoms with Crippen molar-refractivity contribution in [2.75, 3.05) is 30.2 Å². The number of amides is 1. The van der Waals surface area contributed by atoms with Gasteiger partial charge in [0, 0.05) is 27.0 Å². The van der Waals surface area contributed by atoms with E-state index in [-0.39, 0.29) is 11.0 Å². The minimum absolute atomic E-state index is 0.265. The van der Waals surface area contributed by atoms with E-state index in [1.807, 2.05) is 0 Å². The molecule has 0 spiro atoms. The van der Waals surface area contributed by atoms with Crippen LogP contribution < -0.4 is 25.4 Å². The molecule has 0 unspecified atom stereocenters. The molecule has 3 aromatic carbocycles. The zero-order valence-electron chi connectivity index (χ0n) is 17.0. The molecule has 166 valence electrons. The van der Waals surface area contributed by atoms with Crippen LogP contribution in [0.5, 0.6) is 11.5 Å². The Balaban J connectivity index is 1.76. The second-order valence-corrected chi connectivity index (χ2v) is 8.14. The van der Waals surface area contributed by atoms with Crippen LogP contribution in [0.3, 0.4) is 0 Å². The van der Waals surface area contributed by atoms with Crippen molar-refractivity contribution in [1.82, 2.24) is 0 Å². The molecule has 3 N–H and O–H groups in total. The quantitative estimate of drug-likeness (QED) is 0.320. The van der Waals surface area contributed by atoms with Gasteiger partial charge in [0.25, 0.3) is 5.91 Å². The molecule has 10 heteroatoms. The Morgan fingerprint density at radius 2 is 1.44 bits per heavy atom. The van der Waals surface area contributed by atoms with Gasteiger partial charge in [0.1, 0.15) is 11.5 Å². The fraction of sp³-hybridized carbons (Fsp3) is 0.0909. The summed E-state index contributed by atoms with van der Waals surface area (Å²) in [7, 11) is 3.04. The number of benzene rings is 3. The first-order chi connectivity index (χ1) is 15.3. The number of thiocarbonyl (C=S) groups is 1. The fourth-order valence-electron chi connectivity index (χ4n) is 2.80. The van der Waals surface area contributed by atoms with Gasteiger partial charge in [0.2, 0.25) is 0 Å². The summed E-state index contributed by atoms with van der Waals surface area (Å²) >= 11 is 23.5. The summed E-state index contributed by atoms with van der Waals surface area (Å²) in [6.07, 6.45) is 0. The van der Waals surface area contributed by atoms with Crippen LogP contribution in [0.1, 0.15) is 10.4 Å². The third-order valence-electron chi connectivity index (χ3n) is 4.24. The molecule has 0 radical (unpaired) electrons. The Kier molecular flexibility index (Phi) is 8.04. The molecular formula is C22H18Cl3N3O3S. The van der Waals surface area contributed by atoms with Crippen LogP contribution in [0, 0.1) is 0 Å². The molecule has 0 bridgehead atoms. The molecule has 0 aliphatic carbocycles. The van der Waals surface area contributed by atoms with E-state index in [0.29, 0.717) is 49.2 Å². The Morgan fingerprint density at radius 3 is 2.06 bits per heavy atom. The highest BCUT2D eigenvalue weighted by Gasteiger charge is 2.13. The van der Waals surface area contributed by atoms with Crippen molar-refractivity contribution in [2.24, 2.45) is 0 Å². The number of halogens is 3. The summed E-state index contributed by atoms with van der Waals surface area (Å²) < 4.78 is 10.5. The van der Waals surface area contributed by atoms with E-state index in [4.69, 9.17) is 56.5 Å². The van der Waals surface area contributed by atoms with Crippen molar-refractivity contribution >= 4 is 75.1 Å². The van der Waals surface area contributed by atoms with Gasteiger partial charge in [-0.05, 0) is 66.8 Å². The SMILES string of the molecule is COc1ccc(NC(=O)c2ccc(OC)c(NC(=S)Nc3cc(Cl)cc(Cl)c3)c2)cc1Cl. The number of hydrogen-bond donors (Lipinski definition) is 3. The number of rotatable bonds is 6. The van der Waals surface area contributed by atoms with E-state index < -0.39 is 0 Å². The van der Waals surface area contributed by atoms with E-state index in [1.165, 1.54) is 14.2 Å². The molecule has 6 nitrogen and oxygen atoms in total. The average Bonchev–Trinajstić information content (AvgIpc) is 2.73. The summed E-state index contributed by atoms with van der Waals surface area (Å²) in [4.78, 5) is 12.8. The molecule has 32 heavy (non-hydrogen) atoms. The van der Waals surface area contributed by atoms with Crippen LogP contribution in [-0.4, -0.2) is 25.2 Å². The van der Waals surface area contributed by atoms with Crippen LogP contribution in [0.2, 0.25) is 15.1 Å². The van der Waals surface area contributed by atoms with Crippen LogP contribution in [0.15, 0.2) is 54.6 Å². The molecule has 0 saturated heterocycles. The van der Waals surface area contributed by atoms with Crippen molar-refractivity contribution in [1.29, 1.82) is 0 Å². The molecule has 0 heterocycles.